The number of nitrogens with zero attached hydrogens (tertiary/aromatic N) is 1. The Morgan fingerprint density at radius 2 is 2.17 bits per heavy atom. The van der Waals surface area contributed by atoms with Crippen LogP contribution >= 0.6 is 22.9 Å². The fraction of sp³-hybridized carbons (Fsp3) is 0.267. The second kappa shape index (κ2) is 7.94. The predicted octanol–water partition coefficient (Wildman–Crippen LogP) is 2.84. The maximum atomic E-state index is 11.9. The first-order chi connectivity index (χ1) is 11.0. The molecular weight excluding hydrogens is 340 g/mol. The van der Waals surface area contributed by atoms with Crippen molar-refractivity contribution < 1.29 is 19.1 Å². The van der Waals surface area contributed by atoms with Crippen molar-refractivity contribution in [3.63, 3.8) is 0 Å². The third-order valence-electron chi connectivity index (χ3n) is 2.79. The quantitative estimate of drug-likeness (QED) is 0.807. The van der Waals surface area contributed by atoms with Crippen molar-refractivity contribution in [2.45, 2.75) is 13.3 Å². The van der Waals surface area contributed by atoms with E-state index in [1.807, 2.05) is 6.92 Å². The summed E-state index contributed by atoms with van der Waals surface area (Å²) in [5.74, 6) is -0.524. The minimum Gasteiger partial charge on any atom is -0.495 e. The van der Waals surface area contributed by atoms with E-state index in [1.54, 1.807) is 23.6 Å². The number of rotatable bonds is 6. The summed E-state index contributed by atoms with van der Waals surface area (Å²) in [6.07, 6.45) is 0.0398. The Morgan fingerprint density at radius 1 is 1.39 bits per heavy atom. The van der Waals surface area contributed by atoms with Gasteiger partial charge in [-0.05, 0) is 25.1 Å². The minimum atomic E-state index is -0.511. The monoisotopic (exact) mass is 354 g/mol. The summed E-state index contributed by atoms with van der Waals surface area (Å²) in [7, 11) is 1.48. The molecule has 2 rings (SSSR count). The van der Waals surface area contributed by atoms with Crippen LogP contribution in [0.5, 0.6) is 5.75 Å². The third kappa shape index (κ3) is 5.22. The van der Waals surface area contributed by atoms with Crippen LogP contribution in [0.15, 0.2) is 23.6 Å². The molecule has 0 atom stereocenters. The summed E-state index contributed by atoms with van der Waals surface area (Å²) < 4.78 is 10.1. The highest BCUT2D eigenvalue weighted by atomic mass is 35.5. The summed E-state index contributed by atoms with van der Waals surface area (Å²) in [4.78, 5) is 27.7. The van der Waals surface area contributed by atoms with E-state index in [2.05, 4.69) is 10.3 Å². The van der Waals surface area contributed by atoms with E-state index >= 15 is 0 Å². The first-order valence-corrected chi connectivity index (χ1v) is 7.93. The minimum absolute atomic E-state index is 0.0398. The number of aromatic nitrogens is 1. The number of thiazole rings is 1. The number of anilines is 1. The zero-order valence-corrected chi connectivity index (χ0v) is 14.2. The van der Waals surface area contributed by atoms with Crippen LogP contribution in [0, 0.1) is 6.92 Å². The highest BCUT2D eigenvalue weighted by Gasteiger charge is 2.12. The predicted molar refractivity (Wildman–Crippen MR) is 88.1 cm³/mol. The number of carbonyl (C=O) groups excluding carboxylic acids is 2. The van der Waals surface area contributed by atoms with Crippen molar-refractivity contribution in [1.82, 2.24) is 4.98 Å². The van der Waals surface area contributed by atoms with Gasteiger partial charge >= 0.3 is 5.97 Å². The molecule has 1 aromatic carbocycles. The molecular formula is C15H15ClN2O4S. The van der Waals surface area contributed by atoms with Crippen LogP contribution in [0.1, 0.15) is 10.7 Å². The molecule has 1 heterocycles. The first-order valence-electron chi connectivity index (χ1n) is 6.68. The van der Waals surface area contributed by atoms with Gasteiger partial charge in [0, 0.05) is 10.4 Å². The summed E-state index contributed by atoms with van der Waals surface area (Å²) in [6, 6.07) is 4.83. The van der Waals surface area contributed by atoms with Gasteiger partial charge in [-0.25, -0.2) is 4.98 Å². The molecule has 2 aromatic rings. The molecule has 1 aromatic heterocycles. The van der Waals surface area contributed by atoms with Crippen LogP contribution < -0.4 is 10.1 Å². The molecule has 0 aliphatic heterocycles. The number of halogens is 1. The van der Waals surface area contributed by atoms with Gasteiger partial charge in [0.2, 0.25) is 0 Å². The Kier molecular flexibility index (Phi) is 5.95. The second-order valence-corrected chi connectivity index (χ2v) is 6.09. The fourth-order valence-corrected chi connectivity index (χ4v) is 2.58. The Morgan fingerprint density at radius 3 is 2.83 bits per heavy atom. The molecule has 0 fully saturated rings. The Balaban J connectivity index is 1.85. The van der Waals surface area contributed by atoms with Crippen molar-refractivity contribution in [3.8, 4) is 5.75 Å². The van der Waals surface area contributed by atoms with E-state index in [9.17, 15) is 9.59 Å². The van der Waals surface area contributed by atoms with Crippen molar-refractivity contribution in [3.05, 3.63) is 39.3 Å². The Bertz CT molecular complexity index is 717. The molecule has 1 amide bonds. The van der Waals surface area contributed by atoms with Gasteiger partial charge in [-0.3, -0.25) is 9.59 Å². The van der Waals surface area contributed by atoms with E-state index in [1.165, 1.54) is 18.4 Å². The molecule has 0 spiro atoms. The molecule has 0 saturated carbocycles. The molecule has 8 heteroatoms. The van der Waals surface area contributed by atoms with E-state index in [-0.39, 0.29) is 6.42 Å². The number of hydrogen-bond donors (Lipinski definition) is 1. The van der Waals surface area contributed by atoms with Crippen molar-refractivity contribution in [2.75, 3.05) is 19.0 Å². The molecule has 6 nitrogen and oxygen atoms in total. The van der Waals surface area contributed by atoms with E-state index in [0.717, 1.165) is 5.01 Å². The van der Waals surface area contributed by atoms with Gasteiger partial charge in [-0.1, -0.05) is 11.6 Å². The summed E-state index contributed by atoms with van der Waals surface area (Å²) in [5, 5.41) is 5.70. The number of benzene rings is 1. The maximum absolute atomic E-state index is 11.9. The molecule has 0 aliphatic carbocycles. The molecule has 0 unspecified atom stereocenters. The largest absolute Gasteiger partial charge is 0.495 e. The molecule has 122 valence electrons. The Labute approximate surface area is 142 Å². The van der Waals surface area contributed by atoms with Crippen LogP contribution in [0.25, 0.3) is 0 Å². The van der Waals surface area contributed by atoms with E-state index in [4.69, 9.17) is 21.1 Å². The number of aryl methyl sites for hydroxylation is 1. The van der Waals surface area contributed by atoms with Gasteiger partial charge in [-0.2, -0.15) is 0 Å². The van der Waals surface area contributed by atoms with Crippen LogP contribution in [0.4, 0.5) is 5.69 Å². The number of amides is 1. The number of methoxy groups -OCH3 is 1. The third-order valence-corrected chi connectivity index (χ3v) is 3.85. The summed E-state index contributed by atoms with van der Waals surface area (Å²) >= 11 is 7.33. The SMILES string of the molecule is COc1ccc(Cl)cc1NC(=O)COC(=O)Cc1csc(C)n1. The van der Waals surface area contributed by atoms with Crippen molar-refractivity contribution in [1.29, 1.82) is 0 Å². The number of hydrogen-bond acceptors (Lipinski definition) is 6. The number of ether oxygens (including phenoxy) is 2. The average Bonchev–Trinajstić information content (AvgIpc) is 2.90. The van der Waals surface area contributed by atoms with Gasteiger partial charge in [0.15, 0.2) is 6.61 Å². The van der Waals surface area contributed by atoms with E-state index in [0.29, 0.717) is 22.2 Å². The van der Waals surface area contributed by atoms with Gasteiger partial charge < -0.3 is 14.8 Å². The lowest BCUT2D eigenvalue weighted by atomic mass is 10.3. The van der Waals surface area contributed by atoms with Crippen LogP contribution in [-0.2, 0) is 20.7 Å². The lowest BCUT2D eigenvalue weighted by Crippen LogP contribution is -2.22. The van der Waals surface area contributed by atoms with Crippen molar-refractivity contribution >= 4 is 40.5 Å². The van der Waals surface area contributed by atoms with Gasteiger partial charge in [-0.15, -0.1) is 11.3 Å². The normalized spacial score (nSPS) is 10.2. The smallest absolute Gasteiger partial charge is 0.312 e. The first kappa shape index (κ1) is 17.2. The van der Waals surface area contributed by atoms with E-state index < -0.39 is 18.5 Å². The zero-order chi connectivity index (χ0) is 16.8. The molecule has 0 bridgehead atoms. The lowest BCUT2D eigenvalue weighted by molar-refractivity contribution is -0.146. The van der Waals surface area contributed by atoms with Gasteiger partial charge in [0.05, 0.1) is 29.9 Å². The maximum Gasteiger partial charge on any atom is 0.312 e. The lowest BCUT2D eigenvalue weighted by Gasteiger charge is -2.10. The fourth-order valence-electron chi connectivity index (χ4n) is 1.80. The summed E-state index contributed by atoms with van der Waals surface area (Å²) in [6.45, 7) is 1.46. The highest BCUT2D eigenvalue weighted by Crippen LogP contribution is 2.27. The average molecular weight is 355 g/mol. The molecule has 0 aliphatic rings. The van der Waals surface area contributed by atoms with Crippen LogP contribution in [0.3, 0.4) is 0 Å². The van der Waals surface area contributed by atoms with Crippen molar-refractivity contribution in [2.24, 2.45) is 0 Å². The summed E-state index contributed by atoms with van der Waals surface area (Å²) in [5.41, 5.74) is 1.05. The molecule has 0 radical (unpaired) electrons. The molecule has 0 saturated heterocycles. The molecule has 1 N–H and O–H groups in total. The number of esters is 1. The Hall–Kier alpha value is -2.12. The zero-order valence-electron chi connectivity index (χ0n) is 12.6. The number of nitrogens with one attached hydrogen (secondary N) is 1. The van der Waals surface area contributed by atoms with Crippen LogP contribution in [0.2, 0.25) is 5.02 Å². The van der Waals surface area contributed by atoms with Gasteiger partial charge in [0.25, 0.3) is 5.91 Å². The number of carbonyl (C=O) groups is 2. The van der Waals surface area contributed by atoms with Gasteiger partial charge in [0.1, 0.15) is 5.75 Å². The van der Waals surface area contributed by atoms with Crippen LogP contribution in [-0.4, -0.2) is 30.6 Å². The topological polar surface area (TPSA) is 77.5 Å². The standard InChI is InChI=1S/C15H15ClN2O4S/c1-9-17-11(8-23-9)6-15(20)22-7-14(19)18-12-5-10(16)3-4-13(12)21-2/h3-5,8H,6-7H2,1-2H3,(H,18,19). The second-order valence-electron chi connectivity index (χ2n) is 4.59. The highest BCUT2D eigenvalue weighted by molar-refractivity contribution is 7.09. The molecule has 23 heavy (non-hydrogen) atoms.